The number of hydrogen-bond donors (Lipinski definition) is 0. The van der Waals surface area contributed by atoms with Gasteiger partial charge in [0.15, 0.2) is 0 Å². The Bertz CT molecular complexity index is 415. The predicted octanol–water partition coefficient (Wildman–Crippen LogP) is 3.17. The van der Waals surface area contributed by atoms with Crippen LogP contribution in [-0.2, 0) is 13.0 Å². The van der Waals surface area contributed by atoms with Crippen LogP contribution in [0.15, 0.2) is 12.4 Å². The molecule has 0 spiro atoms. The predicted molar refractivity (Wildman–Crippen MR) is 67.3 cm³/mol. The van der Waals surface area contributed by atoms with Crippen LogP contribution in [0, 0.1) is 22.7 Å². The average molecular weight is 231 g/mol. The molecule has 2 unspecified atom stereocenters. The third-order valence-corrected chi connectivity index (χ3v) is 3.88. The smallest absolute Gasteiger partial charge is 0.0693 e. The monoisotopic (exact) mass is 231 g/mol. The van der Waals surface area contributed by atoms with Crippen LogP contribution in [0.1, 0.15) is 45.1 Å². The lowest BCUT2D eigenvalue weighted by atomic mass is 9.68. The van der Waals surface area contributed by atoms with E-state index in [1.165, 1.54) is 18.4 Å². The lowest BCUT2D eigenvalue weighted by molar-refractivity contribution is 0.209. The van der Waals surface area contributed by atoms with E-state index in [9.17, 15) is 5.26 Å². The van der Waals surface area contributed by atoms with Crippen molar-refractivity contribution in [2.24, 2.45) is 11.3 Å². The van der Waals surface area contributed by atoms with E-state index in [2.05, 4.69) is 31.2 Å². The van der Waals surface area contributed by atoms with E-state index in [-0.39, 0.29) is 5.41 Å². The number of aromatic nitrogens is 2. The maximum Gasteiger partial charge on any atom is 0.0693 e. The molecule has 2 atom stereocenters. The Morgan fingerprint density at radius 3 is 3.06 bits per heavy atom. The summed E-state index contributed by atoms with van der Waals surface area (Å²) in [6.45, 7) is 5.25. The second-order valence-corrected chi connectivity index (χ2v) is 5.47. The Kier molecular flexibility index (Phi) is 3.51. The van der Waals surface area contributed by atoms with Gasteiger partial charge < -0.3 is 0 Å². The first-order valence-electron chi connectivity index (χ1n) is 6.60. The van der Waals surface area contributed by atoms with Crippen LogP contribution >= 0.6 is 0 Å². The van der Waals surface area contributed by atoms with Crippen LogP contribution in [0.4, 0.5) is 0 Å². The van der Waals surface area contributed by atoms with E-state index >= 15 is 0 Å². The van der Waals surface area contributed by atoms with Gasteiger partial charge >= 0.3 is 0 Å². The van der Waals surface area contributed by atoms with Gasteiger partial charge in [0, 0.05) is 12.7 Å². The van der Waals surface area contributed by atoms with Crippen molar-refractivity contribution in [2.45, 2.75) is 52.5 Å². The van der Waals surface area contributed by atoms with Gasteiger partial charge in [0.25, 0.3) is 0 Å². The summed E-state index contributed by atoms with van der Waals surface area (Å²) in [5.74, 6) is 0.685. The van der Waals surface area contributed by atoms with Crippen LogP contribution in [0.5, 0.6) is 0 Å². The number of nitriles is 1. The molecular formula is C14H21N3. The number of rotatable bonds is 3. The molecule has 1 heterocycles. The molecule has 0 radical (unpaired) electrons. The molecule has 1 aromatic rings. The molecule has 3 heteroatoms. The van der Waals surface area contributed by atoms with Gasteiger partial charge in [0.1, 0.15) is 0 Å². The second kappa shape index (κ2) is 4.91. The first-order valence-corrected chi connectivity index (χ1v) is 6.60. The summed E-state index contributed by atoms with van der Waals surface area (Å²) >= 11 is 0. The summed E-state index contributed by atoms with van der Waals surface area (Å²) in [7, 11) is 0. The first kappa shape index (κ1) is 12.2. The Balaban J connectivity index is 2.11. The number of aryl methyl sites for hydroxylation is 1. The highest BCUT2D eigenvalue weighted by Crippen LogP contribution is 2.41. The molecule has 0 aliphatic heterocycles. The third-order valence-electron chi connectivity index (χ3n) is 3.88. The number of nitrogens with zero attached hydrogens (tertiary/aromatic N) is 3. The third kappa shape index (κ3) is 2.69. The van der Waals surface area contributed by atoms with Crippen molar-refractivity contribution in [3.05, 3.63) is 18.0 Å². The Labute approximate surface area is 103 Å². The zero-order valence-electron chi connectivity index (χ0n) is 10.8. The fourth-order valence-electron chi connectivity index (χ4n) is 3.02. The normalized spacial score (nSPS) is 28.9. The molecule has 17 heavy (non-hydrogen) atoms. The largest absolute Gasteiger partial charge is 0.273 e. The van der Waals surface area contributed by atoms with Crippen molar-refractivity contribution >= 4 is 0 Å². The average Bonchev–Trinajstić information content (AvgIpc) is 2.76. The van der Waals surface area contributed by atoms with E-state index in [1.54, 1.807) is 0 Å². The summed E-state index contributed by atoms with van der Waals surface area (Å²) in [5.41, 5.74) is 1.07. The van der Waals surface area contributed by atoms with Gasteiger partial charge in [0.05, 0.1) is 17.7 Å². The van der Waals surface area contributed by atoms with Crippen molar-refractivity contribution in [1.29, 1.82) is 5.26 Å². The maximum atomic E-state index is 9.51. The summed E-state index contributed by atoms with van der Waals surface area (Å²) in [5, 5.41) is 13.8. The fraction of sp³-hybridized carbons (Fsp3) is 0.714. The van der Waals surface area contributed by atoms with Gasteiger partial charge in [0.2, 0.25) is 0 Å². The summed E-state index contributed by atoms with van der Waals surface area (Å²) in [6, 6.07) is 2.59. The van der Waals surface area contributed by atoms with E-state index < -0.39 is 0 Å². The lowest BCUT2D eigenvalue weighted by Gasteiger charge is -2.34. The van der Waals surface area contributed by atoms with E-state index in [4.69, 9.17) is 0 Å². The lowest BCUT2D eigenvalue weighted by Crippen LogP contribution is -2.28. The van der Waals surface area contributed by atoms with Crippen LogP contribution < -0.4 is 0 Å². The minimum atomic E-state index is -0.140. The molecule has 0 saturated heterocycles. The van der Waals surface area contributed by atoms with Crippen molar-refractivity contribution in [3.63, 3.8) is 0 Å². The molecule has 0 amide bonds. The fourth-order valence-corrected chi connectivity index (χ4v) is 3.02. The molecular weight excluding hydrogens is 210 g/mol. The molecule has 92 valence electrons. The van der Waals surface area contributed by atoms with E-state index in [1.807, 2.05) is 10.9 Å². The minimum Gasteiger partial charge on any atom is -0.273 e. The van der Waals surface area contributed by atoms with Crippen LogP contribution in [0.3, 0.4) is 0 Å². The minimum absolute atomic E-state index is 0.140. The van der Waals surface area contributed by atoms with Gasteiger partial charge in [-0.15, -0.1) is 0 Å². The highest BCUT2D eigenvalue weighted by atomic mass is 15.3. The van der Waals surface area contributed by atoms with Crippen LogP contribution in [0.2, 0.25) is 0 Å². The molecule has 0 aromatic carbocycles. The summed E-state index contributed by atoms with van der Waals surface area (Å²) in [6.07, 6.45) is 9.42. The topological polar surface area (TPSA) is 41.6 Å². The highest BCUT2D eigenvalue weighted by molar-refractivity contribution is 5.14. The van der Waals surface area contributed by atoms with Crippen molar-refractivity contribution in [2.75, 3.05) is 0 Å². The molecule has 1 aliphatic rings. The standard InChI is InChI=1S/C14H21N3/c1-3-17-10-13(9-16-17)8-14(11-15)6-4-5-12(2)7-14/h9-10,12H,3-8H2,1-2H3. The molecule has 1 aromatic heterocycles. The molecule has 1 aliphatic carbocycles. The Morgan fingerprint density at radius 1 is 1.65 bits per heavy atom. The van der Waals surface area contributed by atoms with Gasteiger partial charge in [-0.25, -0.2) is 0 Å². The Morgan fingerprint density at radius 2 is 2.47 bits per heavy atom. The van der Waals surface area contributed by atoms with Gasteiger partial charge in [-0.2, -0.15) is 10.4 Å². The molecule has 2 rings (SSSR count). The van der Waals surface area contributed by atoms with Crippen LogP contribution in [0.25, 0.3) is 0 Å². The summed E-state index contributed by atoms with van der Waals surface area (Å²) < 4.78 is 1.94. The van der Waals surface area contributed by atoms with E-state index in [0.717, 1.165) is 25.8 Å². The SMILES string of the molecule is CCn1cc(CC2(C#N)CCCC(C)C2)cn1. The van der Waals surface area contributed by atoms with Crippen molar-refractivity contribution in [1.82, 2.24) is 9.78 Å². The quantitative estimate of drug-likeness (QED) is 0.801. The zero-order valence-corrected chi connectivity index (χ0v) is 10.8. The zero-order chi connectivity index (χ0) is 12.3. The molecule has 3 nitrogen and oxygen atoms in total. The van der Waals surface area contributed by atoms with Crippen LogP contribution in [-0.4, -0.2) is 9.78 Å². The van der Waals surface area contributed by atoms with Gasteiger partial charge in [-0.3, -0.25) is 4.68 Å². The number of hydrogen-bond acceptors (Lipinski definition) is 2. The molecule has 0 bridgehead atoms. The van der Waals surface area contributed by atoms with Crippen molar-refractivity contribution < 1.29 is 0 Å². The summed E-state index contributed by atoms with van der Waals surface area (Å²) in [4.78, 5) is 0. The Hall–Kier alpha value is -1.30. The first-order chi connectivity index (χ1) is 8.17. The van der Waals surface area contributed by atoms with Crippen molar-refractivity contribution in [3.8, 4) is 6.07 Å². The molecule has 1 fully saturated rings. The second-order valence-electron chi connectivity index (χ2n) is 5.47. The maximum absolute atomic E-state index is 9.51. The van der Waals surface area contributed by atoms with Gasteiger partial charge in [-0.1, -0.05) is 19.8 Å². The van der Waals surface area contributed by atoms with E-state index in [0.29, 0.717) is 5.92 Å². The molecule has 0 N–H and O–H groups in total. The highest BCUT2D eigenvalue weighted by Gasteiger charge is 2.35. The van der Waals surface area contributed by atoms with Gasteiger partial charge in [-0.05, 0) is 37.7 Å². The molecule has 1 saturated carbocycles.